The monoisotopic (exact) mass is 179 g/mol. The third-order valence-electron chi connectivity index (χ3n) is 2.85. The van der Waals surface area contributed by atoms with E-state index < -0.39 is 0 Å². The molecule has 0 amide bonds. The Hall–Kier alpha value is -0.830. The summed E-state index contributed by atoms with van der Waals surface area (Å²) in [6, 6.07) is 0.640. The molecule has 3 heteroatoms. The van der Waals surface area contributed by atoms with Gasteiger partial charge >= 0.3 is 0 Å². The molecule has 0 bridgehead atoms. The van der Waals surface area contributed by atoms with E-state index in [0.29, 0.717) is 6.04 Å². The topological polar surface area (TPSA) is 21.1 Å². The maximum atomic E-state index is 4.17. The number of imidazole rings is 1. The smallest absolute Gasteiger partial charge is 0.0951 e. The van der Waals surface area contributed by atoms with Gasteiger partial charge in [-0.25, -0.2) is 4.98 Å². The van der Waals surface area contributed by atoms with Crippen LogP contribution in [0.3, 0.4) is 0 Å². The van der Waals surface area contributed by atoms with Gasteiger partial charge in [0.05, 0.1) is 6.33 Å². The van der Waals surface area contributed by atoms with Gasteiger partial charge in [-0.05, 0) is 33.4 Å². The largest absolute Gasteiger partial charge is 0.331 e. The van der Waals surface area contributed by atoms with Crippen molar-refractivity contribution in [1.82, 2.24) is 14.5 Å². The van der Waals surface area contributed by atoms with E-state index in [0.717, 1.165) is 6.54 Å². The number of rotatable bonds is 1. The van der Waals surface area contributed by atoms with Crippen molar-refractivity contribution in [3.8, 4) is 0 Å². The van der Waals surface area contributed by atoms with E-state index in [1.807, 2.05) is 12.5 Å². The minimum absolute atomic E-state index is 0.640. The first kappa shape index (κ1) is 8.75. The van der Waals surface area contributed by atoms with Crippen molar-refractivity contribution >= 4 is 0 Å². The highest BCUT2D eigenvalue weighted by Crippen LogP contribution is 2.21. The van der Waals surface area contributed by atoms with E-state index in [-0.39, 0.29) is 0 Å². The maximum absolute atomic E-state index is 4.17. The number of nitrogens with zero attached hydrogens (tertiary/aromatic N) is 3. The molecular formula is C10H17N3. The fourth-order valence-electron chi connectivity index (χ4n) is 2.12. The number of hydrogen-bond acceptors (Lipinski definition) is 2. The predicted octanol–water partition coefficient (Wildman–Crippen LogP) is 1.46. The van der Waals surface area contributed by atoms with E-state index in [2.05, 4.69) is 28.4 Å². The highest BCUT2D eigenvalue weighted by atomic mass is 15.2. The molecule has 72 valence electrons. The number of likely N-dealkylation sites (N-methyl/N-ethyl adjacent to an activating group) is 1. The Balaban J connectivity index is 2.12. The Morgan fingerprint density at radius 2 is 2.38 bits per heavy atom. The van der Waals surface area contributed by atoms with E-state index in [9.17, 15) is 0 Å². The van der Waals surface area contributed by atoms with Gasteiger partial charge in [0.1, 0.15) is 0 Å². The molecule has 0 aliphatic carbocycles. The van der Waals surface area contributed by atoms with E-state index in [4.69, 9.17) is 0 Å². The molecular weight excluding hydrogens is 162 g/mol. The van der Waals surface area contributed by atoms with Crippen molar-refractivity contribution in [2.24, 2.45) is 0 Å². The van der Waals surface area contributed by atoms with E-state index >= 15 is 0 Å². The molecule has 0 saturated carbocycles. The molecule has 0 radical (unpaired) electrons. The summed E-state index contributed by atoms with van der Waals surface area (Å²) >= 11 is 0. The molecule has 2 heterocycles. The molecule has 1 fully saturated rings. The fourth-order valence-corrected chi connectivity index (χ4v) is 2.12. The highest BCUT2D eigenvalue weighted by Gasteiger charge is 2.18. The van der Waals surface area contributed by atoms with Crippen LogP contribution in [-0.2, 0) is 0 Å². The first-order valence-corrected chi connectivity index (χ1v) is 4.94. The molecule has 0 N–H and O–H groups in total. The summed E-state index contributed by atoms with van der Waals surface area (Å²) in [5, 5.41) is 0. The zero-order valence-corrected chi connectivity index (χ0v) is 8.40. The molecule has 1 atom stereocenters. The third-order valence-corrected chi connectivity index (χ3v) is 2.85. The summed E-state index contributed by atoms with van der Waals surface area (Å²) in [4.78, 5) is 6.56. The van der Waals surface area contributed by atoms with Crippen LogP contribution in [-0.4, -0.2) is 34.6 Å². The summed E-state index contributed by atoms with van der Waals surface area (Å²) in [5.41, 5.74) is 1.28. The zero-order valence-electron chi connectivity index (χ0n) is 8.40. The maximum Gasteiger partial charge on any atom is 0.0951 e. The Bertz CT molecular complexity index is 279. The van der Waals surface area contributed by atoms with Crippen molar-refractivity contribution < 1.29 is 0 Å². The number of aromatic nitrogens is 2. The Kier molecular flexibility index (Phi) is 2.36. The van der Waals surface area contributed by atoms with Gasteiger partial charge in [-0.3, -0.25) is 0 Å². The van der Waals surface area contributed by atoms with Gasteiger partial charge in [0.2, 0.25) is 0 Å². The van der Waals surface area contributed by atoms with Crippen molar-refractivity contribution in [3.05, 3.63) is 18.2 Å². The molecule has 1 unspecified atom stereocenters. The number of aryl methyl sites for hydroxylation is 1. The predicted molar refractivity (Wildman–Crippen MR) is 52.7 cm³/mol. The number of likely N-dealkylation sites (tertiary alicyclic amines) is 1. The van der Waals surface area contributed by atoms with Crippen LogP contribution in [0.5, 0.6) is 0 Å². The summed E-state index contributed by atoms with van der Waals surface area (Å²) in [6.45, 7) is 4.53. The Labute approximate surface area is 79.4 Å². The molecule has 0 aromatic carbocycles. The van der Waals surface area contributed by atoms with Crippen LogP contribution in [0.4, 0.5) is 0 Å². The molecule has 0 spiro atoms. The molecule has 1 aliphatic heterocycles. The van der Waals surface area contributed by atoms with Crippen LogP contribution >= 0.6 is 0 Å². The second-order valence-corrected chi connectivity index (χ2v) is 4.00. The number of hydrogen-bond donors (Lipinski definition) is 0. The average molecular weight is 179 g/mol. The lowest BCUT2D eigenvalue weighted by molar-refractivity contribution is 0.210. The molecule has 3 nitrogen and oxygen atoms in total. The second kappa shape index (κ2) is 3.50. The standard InChI is InChI=1S/C10H17N3/c1-9-6-11-8-13(9)10-4-3-5-12(2)7-10/h6,8,10H,3-5,7H2,1-2H3. The van der Waals surface area contributed by atoms with Gasteiger partial charge in [-0.15, -0.1) is 0 Å². The summed E-state index contributed by atoms with van der Waals surface area (Å²) in [7, 11) is 2.19. The van der Waals surface area contributed by atoms with Crippen LogP contribution in [0.15, 0.2) is 12.5 Å². The van der Waals surface area contributed by atoms with Gasteiger partial charge in [0.15, 0.2) is 0 Å². The lowest BCUT2D eigenvalue weighted by Crippen LogP contribution is -2.33. The quantitative estimate of drug-likeness (QED) is 0.650. The Morgan fingerprint density at radius 3 is 3.00 bits per heavy atom. The van der Waals surface area contributed by atoms with Crippen molar-refractivity contribution in [3.63, 3.8) is 0 Å². The number of piperidine rings is 1. The van der Waals surface area contributed by atoms with Crippen molar-refractivity contribution in [2.45, 2.75) is 25.8 Å². The first-order valence-electron chi connectivity index (χ1n) is 4.94. The van der Waals surface area contributed by atoms with Crippen LogP contribution in [0.25, 0.3) is 0 Å². The van der Waals surface area contributed by atoms with Gasteiger partial charge in [0.25, 0.3) is 0 Å². The normalized spacial score (nSPS) is 24.9. The molecule has 1 aromatic heterocycles. The molecule has 1 aliphatic rings. The summed E-state index contributed by atoms with van der Waals surface area (Å²) in [5.74, 6) is 0. The van der Waals surface area contributed by atoms with Crippen molar-refractivity contribution in [1.29, 1.82) is 0 Å². The van der Waals surface area contributed by atoms with Crippen LogP contribution < -0.4 is 0 Å². The molecule has 1 saturated heterocycles. The lowest BCUT2D eigenvalue weighted by Gasteiger charge is -2.31. The first-order chi connectivity index (χ1) is 6.27. The fraction of sp³-hybridized carbons (Fsp3) is 0.700. The van der Waals surface area contributed by atoms with Gasteiger partial charge in [0, 0.05) is 24.5 Å². The summed E-state index contributed by atoms with van der Waals surface area (Å²) < 4.78 is 2.30. The van der Waals surface area contributed by atoms with Crippen LogP contribution in [0, 0.1) is 6.92 Å². The minimum Gasteiger partial charge on any atom is -0.331 e. The lowest BCUT2D eigenvalue weighted by atomic mass is 10.1. The van der Waals surface area contributed by atoms with E-state index in [1.54, 1.807) is 0 Å². The summed E-state index contributed by atoms with van der Waals surface area (Å²) in [6.07, 6.45) is 6.49. The van der Waals surface area contributed by atoms with Gasteiger partial charge in [-0.1, -0.05) is 0 Å². The second-order valence-electron chi connectivity index (χ2n) is 4.00. The SMILES string of the molecule is Cc1cncn1C1CCCN(C)C1. The molecule has 2 rings (SSSR count). The van der Waals surface area contributed by atoms with Gasteiger partial charge in [-0.2, -0.15) is 0 Å². The van der Waals surface area contributed by atoms with Crippen LogP contribution in [0.2, 0.25) is 0 Å². The van der Waals surface area contributed by atoms with Crippen molar-refractivity contribution in [2.75, 3.05) is 20.1 Å². The molecule has 1 aromatic rings. The van der Waals surface area contributed by atoms with Gasteiger partial charge < -0.3 is 9.47 Å². The molecule has 13 heavy (non-hydrogen) atoms. The Morgan fingerprint density at radius 1 is 1.54 bits per heavy atom. The third kappa shape index (κ3) is 1.75. The van der Waals surface area contributed by atoms with Crippen LogP contribution in [0.1, 0.15) is 24.6 Å². The highest BCUT2D eigenvalue weighted by molar-refractivity contribution is 4.97. The van der Waals surface area contributed by atoms with E-state index in [1.165, 1.54) is 25.1 Å². The minimum atomic E-state index is 0.640. The average Bonchev–Trinajstić information content (AvgIpc) is 2.51. The zero-order chi connectivity index (χ0) is 9.26.